The maximum atomic E-state index is 14.5. The molecule has 0 saturated heterocycles. The molecule has 6 atom stereocenters. The van der Waals surface area contributed by atoms with Crippen molar-refractivity contribution < 1.29 is 27.4 Å². The second kappa shape index (κ2) is 14.5. The van der Waals surface area contributed by atoms with Gasteiger partial charge in [-0.3, -0.25) is 0 Å². The number of rotatable bonds is 13. The summed E-state index contributed by atoms with van der Waals surface area (Å²) < 4.78 is 70.1. The number of hydrogen-bond donors (Lipinski definition) is 1. The van der Waals surface area contributed by atoms with Crippen LogP contribution in [-0.2, 0) is 38.7 Å². The van der Waals surface area contributed by atoms with Crippen LogP contribution >= 0.6 is 0 Å². The third-order valence-corrected chi connectivity index (χ3v) is 10.6. The van der Waals surface area contributed by atoms with E-state index in [1.165, 1.54) is 0 Å². The molecular formula is C29H44F2N2O4S2. The average molecular weight is 587 g/mol. The molecule has 6 nitrogen and oxygen atoms in total. The number of allylic oxidation sites excluding steroid dienone is 2. The monoisotopic (exact) mass is 586 g/mol. The molecule has 2 heterocycles. The van der Waals surface area contributed by atoms with Gasteiger partial charge in [-0.2, -0.15) is 0 Å². The third kappa shape index (κ3) is 9.10. The summed E-state index contributed by atoms with van der Waals surface area (Å²) in [5.74, 6) is 0. The molecule has 0 unspecified atom stereocenters. The molecule has 0 saturated carbocycles. The van der Waals surface area contributed by atoms with Crippen LogP contribution in [0.25, 0.3) is 0 Å². The Balaban J connectivity index is 1.72. The smallest absolute Gasteiger partial charge is 0.143 e. The molecule has 0 radical (unpaired) electrons. The molecule has 220 valence electrons. The minimum Gasteiger partial charge on any atom is -0.598 e. The summed E-state index contributed by atoms with van der Waals surface area (Å²) in [4.78, 5) is 0. The van der Waals surface area contributed by atoms with Gasteiger partial charge < -0.3 is 18.6 Å². The van der Waals surface area contributed by atoms with Crippen molar-refractivity contribution in [3.8, 4) is 0 Å². The topological polar surface area (TPSA) is 79.8 Å². The van der Waals surface area contributed by atoms with Crippen LogP contribution in [0.15, 0.2) is 54.5 Å². The van der Waals surface area contributed by atoms with E-state index in [1.54, 1.807) is 16.8 Å². The van der Waals surface area contributed by atoms with Crippen LogP contribution < -0.4 is 4.72 Å². The summed E-state index contributed by atoms with van der Waals surface area (Å²) >= 11 is -2.97. The molecule has 2 aliphatic rings. The van der Waals surface area contributed by atoms with Gasteiger partial charge in [-0.15, -0.1) is 9.03 Å². The van der Waals surface area contributed by atoms with E-state index in [2.05, 4.69) is 4.72 Å². The van der Waals surface area contributed by atoms with Gasteiger partial charge in [-0.1, -0.05) is 30.3 Å². The van der Waals surface area contributed by atoms with Crippen LogP contribution in [0.1, 0.15) is 72.3 Å². The number of ether oxygens (including phenoxy) is 2. The molecular weight excluding hydrogens is 542 g/mol. The molecule has 39 heavy (non-hydrogen) atoms. The zero-order chi connectivity index (χ0) is 28.6. The molecule has 10 heteroatoms. The Bertz CT molecular complexity index is 945. The highest BCUT2D eigenvalue weighted by molar-refractivity contribution is 7.91. The van der Waals surface area contributed by atoms with Gasteiger partial charge in [0.2, 0.25) is 0 Å². The van der Waals surface area contributed by atoms with Gasteiger partial charge in [0.05, 0.1) is 19.1 Å². The Morgan fingerprint density at radius 1 is 1.03 bits per heavy atom. The van der Waals surface area contributed by atoms with Gasteiger partial charge >= 0.3 is 0 Å². The molecule has 0 aromatic heterocycles. The Morgan fingerprint density at radius 2 is 1.74 bits per heavy atom. The van der Waals surface area contributed by atoms with Gasteiger partial charge in [-0.05, 0) is 77.5 Å². The molecule has 0 bridgehead atoms. The maximum Gasteiger partial charge on any atom is 0.143 e. The van der Waals surface area contributed by atoms with E-state index in [-0.39, 0.29) is 6.10 Å². The molecule has 0 spiro atoms. The molecule has 3 rings (SSSR count). The highest BCUT2D eigenvalue weighted by Crippen LogP contribution is 2.36. The Morgan fingerprint density at radius 3 is 2.28 bits per heavy atom. The van der Waals surface area contributed by atoms with Crippen molar-refractivity contribution in [2.75, 3.05) is 13.3 Å². The number of hydrogen-bond acceptors (Lipinski definition) is 6. The number of nitrogens with one attached hydrogen (secondary N) is 1. The fourth-order valence-corrected chi connectivity index (χ4v) is 7.26. The summed E-state index contributed by atoms with van der Waals surface area (Å²) in [5.41, 5.74) is 1.92. The highest BCUT2D eigenvalue weighted by Gasteiger charge is 2.45. The van der Waals surface area contributed by atoms with Crippen LogP contribution in [-0.4, -0.2) is 60.5 Å². The molecule has 0 amide bonds. The van der Waals surface area contributed by atoms with E-state index in [0.29, 0.717) is 32.2 Å². The van der Waals surface area contributed by atoms with Gasteiger partial charge in [-0.25, -0.2) is 8.78 Å². The van der Waals surface area contributed by atoms with Gasteiger partial charge in [0.1, 0.15) is 47.1 Å². The Hall–Kier alpha value is -1.30. The molecule has 1 N–H and O–H groups in total. The van der Waals surface area contributed by atoms with Gasteiger partial charge in [0.25, 0.3) is 0 Å². The van der Waals surface area contributed by atoms with E-state index in [0.717, 1.165) is 17.6 Å². The number of benzene rings is 1. The highest BCUT2D eigenvalue weighted by atomic mass is 32.2. The lowest BCUT2D eigenvalue weighted by atomic mass is 9.95. The van der Waals surface area contributed by atoms with Gasteiger partial charge in [0.15, 0.2) is 0 Å². The number of alkyl halides is 2. The van der Waals surface area contributed by atoms with Crippen LogP contribution in [0.5, 0.6) is 0 Å². The van der Waals surface area contributed by atoms with E-state index in [4.69, 9.17) is 9.47 Å². The quantitative estimate of drug-likeness (QED) is 0.294. The molecule has 0 fully saturated rings. The van der Waals surface area contributed by atoms with Crippen LogP contribution in [0, 0.1) is 0 Å². The summed E-state index contributed by atoms with van der Waals surface area (Å²) in [7, 11) is 0. The van der Waals surface area contributed by atoms with E-state index in [9.17, 15) is 17.9 Å². The van der Waals surface area contributed by atoms with Crippen molar-refractivity contribution in [1.82, 2.24) is 9.03 Å². The third-order valence-electron chi connectivity index (χ3n) is 7.03. The van der Waals surface area contributed by atoms with Crippen LogP contribution in [0.4, 0.5) is 8.78 Å². The first kappa shape index (κ1) is 32.2. The summed E-state index contributed by atoms with van der Waals surface area (Å²) in [5, 5.41) is 0. The normalized spacial score (nSPS) is 23.4. The fourth-order valence-electron chi connectivity index (χ4n) is 4.77. The zero-order valence-electron chi connectivity index (χ0n) is 23.7. The molecule has 1 aromatic rings. The predicted molar refractivity (Wildman–Crippen MR) is 155 cm³/mol. The van der Waals surface area contributed by atoms with Crippen molar-refractivity contribution >= 4 is 22.7 Å². The minimum absolute atomic E-state index is 0.335. The second-order valence-corrected chi connectivity index (χ2v) is 15.9. The minimum atomic E-state index is -1.56. The summed E-state index contributed by atoms with van der Waals surface area (Å²) in [6.07, 6.45) is 7.48. The molecule has 1 aromatic carbocycles. The van der Waals surface area contributed by atoms with Gasteiger partial charge in [0, 0.05) is 29.1 Å². The Labute approximate surface area is 239 Å². The summed E-state index contributed by atoms with van der Waals surface area (Å²) in [6, 6.07) is 8.33. The van der Waals surface area contributed by atoms with Crippen molar-refractivity contribution in [3.05, 3.63) is 60.1 Å². The second-order valence-electron chi connectivity index (χ2n) is 11.8. The number of halogens is 2. The standard InChI is InChI=1S/C29H44F2N2O4S2/c1-28(2,3)38(34)32-24(18-30)26-15-14-23(21-37-26)17-29(4,5)39(35)33(20-22-11-7-6-8-12-22)25(19-31)27-13-9-10-16-36-27/h6-8,10-12,16,21,24-27,32H,9,13-15,17-20H2,1-5H3/t24-,25-,26+,27+,38-,39-/m1/s1. The van der Waals surface area contributed by atoms with Crippen LogP contribution in [0.3, 0.4) is 0 Å². The van der Waals surface area contributed by atoms with Crippen molar-refractivity contribution in [2.24, 2.45) is 0 Å². The van der Waals surface area contributed by atoms with Crippen LogP contribution in [0.2, 0.25) is 0 Å². The summed E-state index contributed by atoms with van der Waals surface area (Å²) in [6.45, 7) is 8.31. The van der Waals surface area contributed by atoms with Crippen molar-refractivity contribution in [1.29, 1.82) is 0 Å². The first-order valence-electron chi connectivity index (χ1n) is 13.6. The lowest BCUT2D eigenvalue weighted by Gasteiger charge is -2.41. The molecule has 0 aliphatic carbocycles. The fraction of sp³-hybridized carbons (Fsp3) is 0.655. The van der Waals surface area contributed by atoms with Crippen molar-refractivity contribution in [3.63, 3.8) is 0 Å². The average Bonchev–Trinajstić information content (AvgIpc) is 2.92. The predicted octanol–water partition coefficient (Wildman–Crippen LogP) is 5.80. The molecule has 2 aliphatic heterocycles. The largest absolute Gasteiger partial charge is 0.598 e. The number of nitrogens with zero attached hydrogens (tertiary/aromatic N) is 1. The van der Waals surface area contributed by atoms with E-state index in [1.807, 2.05) is 71.0 Å². The lowest BCUT2D eigenvalue weighted by Crippen LogP contribution is -2.54. The van der Waals surface area contributed by atoms with E-state index >= 15 is 0 Å². The first-order valence-corrected chi connectivity index (χ1v) is 15.9. The SMILES string of the molecule is CC(C)(C)[S@@+]([O-])N[C@H](CF)[C@@H]1CCC(CC(C)(C)[S@@+]([O-])N(Cc2ccccc2)[C@H](CF)[C@@H]2CCC=CO2)=CO1. The maximum absolute atomic E-state index is 14.5. The zero-order valence-corrected chi connectivity index (χ0v) is 25.4. The van der Waals surface area contributed by atoms with Crippen molar-refractivity contribution in [2.45, 2.75) is 107 Å². The first-order chi connectivity index (χ1) is 18.5. The van der Waals surface area contributed by atoms with E-state index < -0.39 is 63.8 Å². The Kier molecular flexibility index (Phi) is 12.0. The lowest BCUT2D eigenvalue weighted by molar-refractivity contribution is 0.0420.